The summed E-state index contributed by atoms with van der Waals surface area (Å²) < 4.78 is 1.55. The van der Waals surface area contributed by atoms with Gasteiger partial charge in [-0.2, -0.15) is 0 Å². The molecule has 0 saturated heterocycles. The van der Waals surface area contributed by atoms with Crippen molar-refractivity contribution in [3.63, 3.8) is 0 Å². The van der Waals surface area contributed by atoms with Crippen LogP contribution >= 0.6 is 11.8 Å². The zero-order valence-corrected chi connectivity index (χ0v) is 13.4. The fourth-order valence-electron chi connectivity index (χ4n) is 1.73. The van der Waals surface area contributed by atoms with Crippen molar-refractivity contribution < 1.29 is 4.79 Å². The van der Waals surface area contributed by atoms with Crippen molar-refractivity contribution in [2.24, 2.45) is 7.05 Å². The molecular formula is C14H19N5OS. The minimum absolute atomic E-state index is 0.0692. The highest BCUT2D eigenvalue weighted by Gasteiger charge is 2.17. The molecule has 2 aromatic rings. The van der Waals surface area contributed by atoms with Gasteiger partial charge in [-0.15, -0.1) is 5.10 Å². The summed E-state index contributed by atoms with van der Waals surface area (Å²) in [5, 5.41) is 14.4. The Morgan fingerprint density at radius 1 is 1.24 bits per heavy atom. The predicted octanol–water partition coefficient (Wildman–Crippen LogP) is 2.45. The summed E-state index contributed by atoms with van der Waals surface area (Å²) in [6.45, 7) is 6.11. The summed E-state index contributed by atoms with van der Waals surface area (Å²) in [7, 11) is 1.75. The van der Waals surface area contributed by atoms with Gasteiger partial charge in [0.2, 0.25) is 11.1 Å². The third-order valence-electron chi connectivity index (χ3n) is 3.08. The summed E-state index contributed by atoms with van der Waals surface area (Å²) >= 11 is 1.33. The number of thioether (sulfide) groups is 1. The summed E-state index contributed by atoms with van der Waals surface area (Å²) in [6.07, 6.45) is 0. The van der Waals surface area contributed by atoms with Crippen LogP contribution in [-0.4, -0.2) is 31.4 Å². The zero-order valence-electron chi connectivity index (χ0n) is 12.6. The van der Waals surface area contributed by atoms with Gasteiger partial charge >= 0.3 is 0 Å². The van der Waals surface area contributed by atoms with Crippen LogP contribution in [0.1, 0.15) is 32.3 Å². The van der Waals surface area contributed by atoms with Crippen LogP contribution in [-0.2, 0) is 11.8 Å². The van der Waals surface area contributed by atoms with E-state index in [1.54, 1.807) is 11.7 Å². The van der Waals surface area contributed by atoms with Gasteiger partial charge in [-0.05, 0) is 41.0 Å². The first-order valence-corrected chi connectivity index (χ1v) is 7.65. The topological polar surface area (TPSA) is 72.7 Å². The van der Waals surface area contributed by atoms with Crippen molar-refractivity contribution in [3.8, 4) is 0 Å². The lowest BCUT2D eigenvalue weighted by Gasteiger charge is -2.12. The maximum absolute atomic E-state index is 12.2. The highest BCUT2D eigenvalue weighted by molar-refractivity contribution is 8.00. The van der Waals surface area contributed by atoms with Gasteiger partial charge in [0.15, 0.2) is 0 Å². The first-order chi connectivity index (χ1) is 9.97. The number of nitrogens with one attached hydrogen (secondary N) is 1. The number of benzene rings is 1. The molecule has 112 valence electrons. The van der Waals surface area contributed by atoms with Gasteiger partial charge < -0.3 is 5.32 Å². The molecule has 0 bridgehead atoms. The highest BCUT2D eigenvalue weighted by atomic mass is 32.2. The molecule has 0 spiro atoms. The number of carbonyl (C=O) groups is 1. The van der Waals surface area contributed by atoms with E-state index >= 15 is 0 Å². The molecule has 1 aromatic heterocycles. The molecule has 0 aliphatic heterocycles. The number of amides is 1. The maximum atomic E-state index is 12.2. The van der Waals surface area contributed by atoms with Crippen LogP contribution in [0.25, 0.3) is 0 Å². The zero-order chi connectivity index (χ0) is 15.4. The Morgan fingerprint density at radius 2 is 1.90 bits per heavy atom. The molecule has 0 saturated carbocycles. The Hall–Kier alpha value is -1.89. The van der Waals surface area contributed by atoms with Crippen LogP contribution < -0.4 is 5.32 Å². The number of rotatable bonds is 5. The van der Waals surface area contributed by atoms with Crippen molar-refractivity contribution in [2.75, 3.05) is 5.32 Å². The molecular weight excluding hydrogens is 286 g/mol. The molecule has 0 fully saturated rings. The fourth-order valence-corrected chi connectivity index (χ4v) is 2.48. The molecule has 1 amide bonds. The second kappa shape index (κ2) is 6.71. The third-order valence-corrected chi connectivity index (χ3v) is 4.20. The quantitative estimate of drug-likeness (QED) is 0.859. The fraction of sp³-hybridized carbons (Fsp3) is 0.429. The third kappa shape index (κ3) is 4.04. The summed E-state index contributed by atoms with van der Waals surface area (Å²) in [5.41, 5.74) is 2.05. The normalized spacial score (nSPS) is 12.4. The number of carbonyl (C=O) groups excluding carboxylic acids is 1. The summed E-state index contributed by atoms with van der Waals surface area (Å²) in [6, 6.07) is 7.92. The van der Waals surface area contributed by atoms with Gasteiger partial charge in [0, 0.05) is 12.7 Å². The largest absolute Gasteiger partial charge is 0.325 e. The van der Waals surface area contributed by atoms with Crippen molar-refractivity contribution in [2.45, 2.75) is 37.1 Å². The Bertz CT molecular complexity index is 608. The van der Waals surface area contributed by atoms with Crippen molar-refractivity contribution in [1.29, 1.82) is 0 Å². The van der Waals surface area contributed by atoms with Crippen LogP contribution in [0.2, 0.25) is 0 Å². The smallest absolute Gasteiger partial charge is 0.237 e. The van der Waals surface area contributed by atoms with E-state index in [0.29, 0.717) is 11.1 Å². The molecule has 2 rings (SSSR count). The monoisotopic (exact) mass is 305 g/mol. The second-order valence-corrected chi connectivity index (χ2v) is 6.42. The number of hydrogen-bond donors (Lipinski definition) is 1. The lowest BCUT2D eigenvalue weighted by atomic mass is 10.0. The molecule has 1 heterocycles. The molecule has 6 nitrogen and oxygen atoms in total. The number of nitrogens with zero attached hydrogens (tertiary/aromatic N) is 4. The molecule has 7 heteroatoms. The molecule has 1 aromatic carbocycles. The Morgan fingerprint density at radius 3 is 2.43 bits per heavy atom. The van der Waals surface area contributed by atoms with Crippen LogP contribution in [0.15, 0.2) is 29.4 Å². The molecule has 0 radical (unpaired) electrons. The number of anilines is 1. The van der Waals surface area contributed by atoms with E-state index in [4.69, 9.17) is 0 Å². The van der Waals surface area contributed by atoms with E-state index in [9.17, 15) is 4.79 Å². The Balaban J connectivity index is 1.95. The minimum atomic E-state index is -0.278. The number of aryl methyl sites for hydroxylation is 1. The predicted molar refractivity (Wildman–Crippen MR) is 83.3 cm³/mol. The van der Waals surface area contributed by atoms with E-state index < -0.39 is 0 Å². The average Bonchev–Trinajstić information content (AvgIpc) is 2.84. The number of hydrogen-bond acceptors (Lipinski definition) is 5. The molecule has 0 unspecified atom stereocenters. The van der Waals surface area contributed by atoms with Crippen LogP contribution in [0, 0.1) is 0 Å². The van der Waals surface area contributed by atoms with Gasteiger partial charge in [-0.25, -0.2) is 4.68 Å². The van der Waals surface area contributed by atoms with E-state index in [-0.39, 0.29) is 11.2 Å². The lowest BCUT2D eigenvalue weighted by molar-refractivity contribution is -0.115. The number of aromatic nitrogens is 4. The van der Waals surface area contributed by atoms with Gasteiger partial charge in [-0.1, -0.05) is 37.7 Å². The molecule has 1 N–H and O–H groups in total. The van der Waals surface area contributed by atoms with Crippen LogP contribution in [0.5, 0.6) is 0 Å². The van der Waals surface area contributed by atoms with Crippen LogP contribution in [0.4, 0.5) is 5.69 Å². The Labute approximate surface area is 128 Å². The van der Waals surface area contributed by atoms with E-state index in [1.807, 2.05) is 31.2 Å². The SMILES string of the molecule is CC(C)c1ccc(NC(=O)[C@H](C)Sc2nnnn2C)cc1. The first kappa shape index (κ1) is 15.5. The van der Waals surface area contributed by atoms with E-state index in [2.05, 4.69) is 34.7 Å². The van der Waals surface area contributed by atoms with Gasteiger partial charge in [-0.3, -0.25) is 4.79 Å². The first-order valence-electron chi connectivity index (χ1n) is 6.77. The summed E-state index contributed by atoms with van der Waals surface area (Å²) in [4.78, 5) is 12.2. The average molecular weight is 305 g/mol. The lowest BCUT2D eigenvalue weighted by Crippen LogP contribution is -2.22. The van der Waals surface area contributed by atoms with Crippen molar-refractivity contribution >= 4 is 23.4 Å². The molecule has 21 heavy (non-hydrogen) atoms. The van der Waals surface area contributed by atoms with Crippen molar-refractivity contribution in [3.05, 3.63) is 29.8 Å². The molecule has 0 aliphatic rings. The molecule has 0 aliphatic carbocycles. The standard InChI is InChI=1S/C14H19N5OS/c1-9(2)11-5-7-12(8-6-11)15-13(20)10(3)21-14-16-17-18-19(14)4/h5-10H,1-4H3,(H,15,20)/t10-/m0/s1. The molecule has 1 atom stereocenters. The highest BCUT2D eigenvalue weighted by Crippen LogP contribution is 2.22. The maximum Gasteiger partial charge on any atom is 0.237 e. The van der Waals surface area contributed by atoms with Gasteiger partial charge in [0.25, 0.3) is 0 Å². The minimum Gasteiger partial charge on any atom is -0.325 e. The van der Waals surface area contributed by atoms with Gasteiger partial charge in [0.1, 0.15) is 0 Å². The second-order valence-electron chi connectivity index (χ2n) is 5.11. The summed E-state index contributed by atoms with van der Waals surface area (Å²) in [5.74, 6) is 0.410. The van der Waals surface area contributed by atoms with Gasteiger partial charge in [0.05, 0.1) is 5.25 Å². The van der Waals surface area contributed by atoms with Crippen LogP contribution in [0.3, 0.4) is 0 Å². The van der Waals surface area contributed by atoms with E-state index in [1.165, 1.54) is 17.3 Å². The van der Waals surface area contributed by atoms with Crippen molar-refractivity contribution in [1.82, 2.24) is 20.2 Å². The Kier molecular flexibility index (Phi) is 4.95. The number of tetrazole rings is 1. The van der Waals surface area contributed by atoms with E-state index in [0.717, 1.165) is 5.69 Å².